The maximum atomic E-state index is 12.8. The molecule has 5 rings (SSSR count). The van der Waals surface area contributed by atoms with Gasteiger partial charge in [0.1, 0.15) is 0 Å². The van der Waals surface area contributed by atoms with Crippen LogP contribution in [0.4, 0.5) is 0 Å². The second kappa shape index (κ2) is 3.46. The van der Waals surface area contributed by atoms with Crippen LogP contribution in [-0.2, 0) is 0 Å². The van der Waals surface area contributed by atoms with Gasteiger partial charge in [-0.15, -0.1) is 0 Å². The minimum atomic E-state index is -0.0623. The summed E-state index contributed by atoms with van der Waals surface area (Å²) in [5.74, 6) is 2.72. The molecule has 0 saturated heterocycles. The van der Waals surface area contributed by atoms with Crippen LogP contribution in [0.3, 0.4) is 0 Å². The minimum absolute atomic E-state index is 0.0623. The van der Waals surface area contributed by atoms with E-state index in [0.29, 0.717) is 0 Å². The van der Waals surface area contributed by atoms with Crippen molar-refractivity contribution in [1.29, 1.82) is 0 Å². The van der Waals surface area contributed by atoms with Crippen LogP contribution in [-0.4, -0.2) is 15.7 Å². The van der Waals surface area contributed by atoms with Crippen LogP contribution in [0.2, 0.25) is 0 Å². The number of rotatable bonds is 1. The maximum Gasteiger partial charge on any atom is 0.253 e. The quantitative estimate of drug-likeness (QED) is 0.761. The lowest BCUT2D eigenvalue weighted by atomic mass is 9.49. The molecule has 1 aromatic heterocycles. The van der Waals surface area contributed by atoms with E-state index in [0.717, 1.165) is 42.6 Å². The van der Waals surface area contributed by atoms with E-state index in [1.807, 2.05) is 13.1 Å². The van der Waals surface area contributed by atoms with Gasteiger partial charge in [-0.3, -0.25) is 4.79 Å². The van der Waals surface area contributed by atoms with Gasteiger partial charge in [0, 0.05) is 6.20 Å². The van der Waals surface area contributed by atoms with Crippen LogP contribution in [0.15, 0.2) is 12.4 Å². The summed E-state index contributed by atoms with van der Waals surface area (Å²) in [7, 11) is 0. The van der Waals surface area contributed by atoms with E-state index in [-0.39, 0.29) is 11.3 Å². The molecule has 4 fully saturated rings. The molecule has 0 radical (unpaired) electrons. The molecule has 0 amide bonds. The van der Waals surface area contributed by atoms with Crippen LogP contribution in [0, 0.1) is 30.1 Å². The number of hydrogen-bond acceptors (Lipinski definition) is 2. The largest absolute Gasteiger partial charge is 0.272 e. The van der Waals surface area contributed by atoms with Gasteiger partial charge in [0.25, 0.3) is 5.91 Å². The minimum Gasteiger partial charge on any atom is -0.272 e. The Hall–Kier alpha value is -1.12. The van der Waals surface area contributed by atoms with Crippen molar-refractivity contribution < 1.29 is 4.79 Å². The zero-order valence-electron chi connectivity index (χ0n) is 10.9. The van der Waals surface area contributed by atoms with Crippen molar-refractivity contribution in [3.05, 3.63) is 18.0 Å². The predicted octanol–water partition coefficient (Wildman–Crippen LogP) is 3.05. The van der Waals surface area contributed by atoms with Crippen LogP contribution < -0.4 is 0 Å². The molecule has 0 spiro atoms. The monoisotopic (exact) mass is 244 g/mol. The number of carbonyl (C=O) groups is 1. The first-order valence-corrected chi connectivity index (χ1v) is 7.21. The molecular weight excluding hydrogens is 224 g/mol. The van der Waals surface area contributed by atoms with Gasteiger partial charge < -0.3 is 0 Å². The Labute approximate surface area is 108 Å². The molecule has 4 aliphatic rings. The molecule has 1 aromatic rings. The highest BCUT2D eigenvalue weighted by molar-refractivity contribution is 5.84. The maximum absolute atomic E-state index is 12.8. The Balaban J connectivity index is 1.69. The summed E-state index contributed by atoms with van der Waals surface area (Å²) in [6.07, 6.45) is 11.2. The van der Waals surface area contributed by atoms with E-state index >= 15 is 0 Å². The van der Waals surface area contributed by atoms with E-state index in [4.69, 9.17) is 0 Å². The van der Waals surface area contributed by atoms with Gasteiger partial charge in [-0.25, -0.2) is 4.68 Å². The molecule has 4 aliphatic carbocycles. The first-order valence-electron chi connectivity index (χ1n) is 7.21. The third-order valence-corrected chi connectivity index (χ3v) is 5.41. The molecule has 1 heterocycles. The Kier molecular flexibility index (Phi) is 2.07. The topological polar surface area (TPSA) is 34.9 Å². The second-order valence-electron chi connectivity index (χ2n) is 6.97. The number of hydrogen-bond donors (Lipinski definition) is 0. The summed E-state index contributed by atoms with van der Waals surface area (Å²) in [6.45, 7) is 2.00. The average Bonchev–Trinajstić information content (AvgIpc) is 2.73. The highest BCUT2D eigenvalue weighted by Gasteiger charge is 2.55. The molecule has 18 heavy (non-hydrogen) atoms. The summed E-state index contributed by atoms with van der Waals surface area (Å²) < 4.78 is 1.61. The smallest absolute Gasteiger partial charge is 0.253 e. The molecular formula is C15H20N2O. The standard InChI is InChI=1S/C15H20N2O/c1-10-8-16-17(9-10)14(18)15-5-11-2-12(6-15)4-13(3-11)7-15/h8-9,11-13H,2-7H2,1H3. The summed E-state index contributed by atoms with van der Waals surface area (Å²) in [6, 6.07) is 0. The van der Waals surface area contributed by atoms with Crippen LogP contribution >= 0.6 is 0 Å². The van der Waals surface area contributed by atoms with Gasteiger partial charge in [-0.1, -0.05) is 0 Å². The van der Waals surface area contributed by atoms with E-state index in [1.54, 1.807) is 10.9 Å². The summed E-state index contributed by atoms with van der Waals surface area (Å²) >= 11 is 0. The molecule has 0 aromatic carbocycles. The Bertz CT molecular complexity index is 467. The van der Waals surface area contributed by atoms with Crippen molar-refractivity contribution in [1.82, 2.24) is 9.78 Å². The van der Waals surface area contributed by atoms with E-state index in [1.165, 1.54) is 19.3 Å². The summed E-state index contributed by atoms with van der Waals surface area (Å²) in [5, 5.41) is 4.24. The molecule has 3 heteroatoms. The third-order valence-electron chi connectivity index (χ3n) is 5.41. The molecule has 0 aliphatic heterocycles. The fraction of sp³-hybridized carbons (Fsp3) is 0.733. The molecule has 4 saturated carbocycles. The molecule has 0 N–H and O–H groups in total. The number of aromatic nitrogens is 2. The SMILES string of the molecule is Cc1cnn(C(=O)C23CC4CC(CC(C4)C2)C3)c1. The first kappa shape index (κ1) is 10.8. The van der Waals surface area contributed by atoms with E-state index < -0.39 is 0 Å². The highest BCUT2D eigenvalue weighted by atomic mass is 16.2. The first-order chi connectivity index (χ1) is 8.64. The third kappa shape index (κ3) is 1.42. The van der Waals surface area contributed by atoms with Crippen molar-refractivity contribution in [3.63, 3.8) is 0 Å². The molecule has 0 unspecified atom stereocenters. The Morgan fingerprint density at radius 2 is 1.78 bits per heavy atom. The molecule has 3 nitrogen and oxygen atoms in total. The molecule has 96 valence electrons. The normalized spacial score (nSPS) is 41.3. The lowest BCUT2D eigenvalue weighted by molar-refractivity contribution is -0.0409. The highest BCUT2D eigenvalue weighted by Crippen LogP contribution is 2.60. The van der Waals surface area contributed by atoms with Crippen LogP contribution in [0.1, 0.15) is 48.9 Å². The van der Waals surface area contributed by atoms with Crippen molar-refractivity contribution in [2.75, 3.05) is 0 Å². The zero-order chi connectivity index (χ0) is 12.3. The lowest BCUT2D eigenvalue weighted by Crippen LogP contribution is -2.51. The number of carbonyl (C=O) groups excluding carboxylic acids is 1. The van der Waals surface area contributed by atoms with Gasteiger partial charge in [0.15, 0.2) is 0 Å². The fourth-order valence-electron chi connectivity index (χ4n) is 5.14. The van der Waals surface area contributed by atoms with E-state index in [2.05, 4.69) is 5.10 Å². The van der Waals surface area contributed by atoms with Gasteiger partial charge in [0.05, 0.1) is 11.6 Å². The number of nitrogens with zero attached hydrogens (tertiary/aromatic N) is 2. The summed E-state index contributed by atoms with van der Waals surface area (Å²) in [5.41, 5.74) is 1.01. The van der Waals surface area contributed by atoms with Crippen molar-refractivity contribution in [2.45, 2.75) is 45.4 Å². The second-order valence-corrected chi connectivity index (χ2v) is 6.97. The van der Waals surface area contributed by atoms with Crippen molar-refractivity contribution >= 4 is 5.91 Å². The van der Waals surface area contributed by atoms with Crippen molar-refractivity contribution in [3.8, 4) is 0 Å². The molecule has 0 atom stereocenters. The average molecular weight is 244 g/mol. The fourth-order valence-corrected chi connectivity index (χ4v) is 5.14. The zero-order valence-corrected chi connectivity index (χ0v) is 10.9. The number of aryl methyl sites for hydroxylation is 1. The molecule has 4 bridgehead atoms. The van der Waals surface area contributed by atoms with Crippen LogP contribution in [0.5, 0.6) is 0 Å². The predicted molar refractivity (Wildman–Crippen MR) is 68.2 cm³/mol. The van der Waals surface area contributed by atoms with Crippen molar-refractivity contribution in [2.24, 2.45) is 23.2 Å². The van der Waals surface area contributed by atoms with Gasteiger partial charge in [-0.2, -0.15) is 5.10 Å². The van der Waals surface area contributed by atoms with E-state index in [9.17, 15) is 4.79 Å². The van der Waals surface area contributed by atoms with Crippen LogP contribution in [0.25, 0.3) is 0 Å². The Morgan fingerprint density at radius 1 is 1.22 bits per heavy atom. The van der Waals surface area contributed by atoms with Gasteiger partial charge in [-0.05, 0) is 68.8 Å². The Morgan fingerprint density at radius 3 is 2.22 bits per heavy atom. The van der Waals surface area contributed by atoms with Gasteiger partial charge >= 0.3 is 0 Å². The lowest BCUT2D eigenvalue weighted by Gasteiger charge is -2.55. The van der Waals surface area contributed by atoms with Gasteiger partial charge in [0.2, 0.25) is 0 Å². The summed E-state index contributed by atoms with van der Waals surface area (Å²) in [4.78, 5) is 12.8.